The maximum atomic E-state index is 2.48. The molecule has 13 aromatic carbocycles. The van der Waals surface area contributed by atoms with Crippen LogP contribution in [0, 0.1) is 0 Å². The standard InChI is InChI=1S/C79H54N2/c1-5-22-55(23-6-1)59-42-46-63(47-43-59)80(65-32-19-30-61(52-65)57-26-9-3-10-27-57)67-50-51-77(81(64-48-44-60(45-49-64)56-24-7-2-8-25-56)66-33-20-31-62(53-66)58-28-11-4-12-29-58)72(54-67)70-37-21-41-76-78(70)71-36-15-18-40-75(71)79(76)73-38-16-13-34-68(73)69-35-14-17-39-74(69)79/h1-54H. The SMILES string of the molecule is c1ccc(-c2ccc(N(c3cccc(-c4ccccc4)c3)c3ccc(N(c4ccc(-c5ccccc5)cc4)c4cccc(-c5ccccc5)c4)c(-c4cccc5c4-c4ccccc4C54c5ccccc5-c5ccccc54)c3)cc2)cc1. The molecule has 0 aromatic heterocycles. The fourth-order valence-electron chi connectivity index (χ4n) is 13.1. The van der Waals surface area contributed by atoms with Gasteiger partial charge in [-0.05, 0) is 161 Å². The molecule has 0 atom stereocenters. The average molecular weight is 1030 g/mol. The minimum absolute atomic E-state index is 0.520. The lowest BCUT2D eigenvalue weighted by Gasteiger charge is -2.32. The van der Waals surface area contributed by atoms with Crippen LogP contribution in [0.15, 0.2) is 328 Å². The molecule has 2 aliphatic rings. The number of nitrogens with zero attached hydrogens (tertiary/aromatic N) is 2. The number of benzene rings is 13. The van der Waals surface area contributed by atoms with Gasteiger partial charge in [0.2, 0.25) is 0 Å². The van der Waals surface area contributed by atoms with E-state index in [9.17, 15) is 0 Å². The Bertz CT molecular complexity index is 4390. The van der Waals surface area contributed by atoms with Crippen molar-refractivity contribution in [2.24, 2.45) is 0 Å². The third kappa shape index (κ3) is 8.11. The van der Waals surface area contributed by atoms with Crippen molar-refractivity contribution in [2.75, 3.05) is 9.80 Å². The molecule has 2 nitrogen and oxygen atoms in total. The molecular weight excluding hydrogens is 977 g/mol. The molecule has 0 saturated heterocycles. The predicted octanol–water partition coefficient (Wildman–Crippen LogP) is 21.3. The van der Waals surface area contributed by atoms with Crippen molar-refractivity contribution in [1.82, 2.24) is 0 Å². The van der Waals surface area contributed by atoms with Crippen molar-refractivity contribution in [3.8, 4) is 77.9 Å². The fraction of sp³-hybridized carbons (Fsp3) is 0.0127. The topological polar surface area (TPSA) is 6.48 Å². The van der Waals surface area contributed by atoms with Crippen LogP contribution in [0.3, 0.4) is 0 Å². The molecule has 13 aromatic rings. The number of fused-ring (bicyclic) bond motifs is 10. The second kappa shape index (κ2) is 20.0. The minimum Gasteiger partial charge on any atom is -0.310 e. The lowest BCUT2D eigenvalue weighted by atomic mass is 9.70. The molecular formula is C79H54N2. The van der Waals surface area contributed by atoms with Gasteiger partial charge in [0.25, 0.3) is 0 Å². The summed E-state index contributed by atoms with van der Waals surface area (Å²) in [6.07, 6.45) is 0. The maximum absolute atomic E-state index is 2.48. The van der Waals surface area contributed by atoms with E-state index in [1.807, 2.05) is 0 Å². The first-order valence-electron chi connectivity index (χ1n) is 28.0. The summed E-state index contributed by atoms with van der Waals surface area (Å²) in [4.78, 5) is 4.91. The highest BCUT2D eigenvalue weighted by Crippen LogP contribution is 2.64. The van der Waals surface area contributed by atoms with Gasteiger partial charge in [-0.1, -0.05) is 261 Å². The van der Waals surface area contributed by atoms with Gasteiger partial charge in [-0.2, -0.15) is 0 Å². The van der Waals surface area contributed by atoms with Crippen molar-refractivity contribution in [3.63, 3.8) is 0 Å². The fourth-order valence-corrected chi connectivity index (χ4v) is 13.1. The normalized spacial score (nSPS) is 12.3. The van der Waals surface area contributed by atoms with E-state index in [0.29, 0.717) is 0 Å². The molecule has 0 fully saturated rings. The van der Waals surface area contributed by atoms with Gasteiger partial charge < -0.3 is 9.80 Å². The summed E-state index contributed by atoms with van der Waals surface area (Å²) in [7, 11) is 0. The summed E-state index contributed by atoms with van der Waals surface area (Å²) < 4.78 is 0. The third-order valence-electron chi connectivity index (χ3n) is 16.7. The highest BCUT2D eigenvalue weighted by atomic mass is 15.2. The van der Waals surface area contributed by atoms with Gasteiger partial charge >= 0.3 is 0 Å². The summed E-state index contributed by atoms with van der Waals surface area (Å²) in [5.74, 6) is 0. The Labute approximate surface area is 474 Å². The van der Waals surface area contributed by atoms with Crippen LogP contribution in [0.5, 0.6) is 0 Å². The van der Waals surface area contributed by atoms with Crippen molar-refractivity contribution < 1.29 is 0 Å². The highest BCUT2D eigenvalue weighted by Gasteiger charge is 2.52. The molecule has 2 heteroatoms. The first-order chi connectivity index (χ1) is 40.2. The number of anilines is 6. The van der Waals surface area contributed by atoms with Crippen LogP contribution in [0.4, 0.5) is 34.1 Å². The van der Waals surface area contributed by atoms with E-state index in [-0.39, 0.29) is 0 Å². The maximum Gasteiger partial charge on any atom is 0.0725 e. The van der Waals surface area contributed by atoms with Gasteiger partial charge in [0.05, 0.1) is 11.1 Å². The number of rotatable bonds is 11. The molecule has 0 radical (unpaired) electrons. The molecule has 0 bridgehead atoms. The predicted molar refractivity (Wildman–Crippen MR) is 339 cm³/mol. The number of hydrogen-bond donors (Lipinski definition) is 0. The molecule has 0 N–H and O–H groups in total. The summed E-state index contributed by atoms with van der Waals surface area (Å²) >= 11 is 0. The van der Waals surface area contributed by atoms with E-state index in [1.165, 1.54) is 77.9 Å². The van der Waals surface area contributed by atoms with Crippen LogP contribution in [0.2, 0.25) is 0 Å². The van der Waals surface area contributed by atoms with Crippen molar-refractivity contribution >= 4 is 34.1 Å². The molecule has 0 amide bonds. The second-order valence-electron chi connectivity index (χ2n) is 21.1. The van der Waals surface area contributed by atoms with E-state index in [4.69, 9.17) is 0 Å². The smallest absolute Gasteiger partial charge is 0.0725 e. The van der Waals surface area contributed by atoms with Gasteiger partial charge in [0, 0.05) is 34.0 Å². The van der Waals surface area contributed by atoms with E-state index in [2.05, 4.69) is 337 Å². The van der Waals surface area contributed by atoms with Crippen LogP contribution in [-0.4, -0.2) is 0 Å². The molecule has 15 rings (SSSR count). The zero-order valence-corrected chi connectivity index (χ0v) is 44.6. The van der Waals surface area contributed by atoms with Crippen LogP contribution in [0.1, 0.15) is 22.3 Å². The summed E-state index contributed by atoms with van der Waals surface area (Å²) in [5, 5.41) is 0. The zero-order chi connectivity index (χ0) is 53.7. The van der Waals surface area contributed by atoms with E-state index in [0.717, 1.165) is 56.4 Å². The molecule has 2 aliphatic carbocycles. The third-order valence-corrected chi connectivity index (χ3v) is 16.7. The number of hydrogen-bond acceptors (Lipinski definition) is 2. The Morgan fingerprint density at radius 3 is 1.02 bits per heavy atom. The Morgan fingerprint density at radius 2 is 0.519 bits per heavy atom. The Kier molecular flexibility index (Phi) is 11.8. The molecule has 0 unspecified atom stereocenters. The Hall–Kier alpha value is -10.5. The van der Waals surface area contributed by atoms with E-state index in [1.54, 1.807) is 0 Å². The highest BCUT2D eigenvalue weighted by molar-refractivity contribution is 6.04. The Balaban J connectivity index is 1.01. The van der Waals surface area contributed by atoms with Gasteiger partial charge in [0.15, 0.2) is 0 Å². The van der Waals surface area contributed by atoms with Crippen LogP contribution in [0.25, 0.3) is 77.9 Å². The Morgan fingerprint density at radius 1 is 0.185 bits per heavy atom. The molecule has 380 valence electrons. The van der Waals surface area contributed by atoms with Gasteiger partial charge in [-0.25, -0.2) is 0 Å². The van der Waals surface area contributed by atoms with Gasteiger partial charge in [-0.3, -0.25) is 0 Å². The van der Waals surface area contributed by atoms with E-state index < -0.39 is 5.41 Å². The zero-order valence-electron chi connectivity index (χ0n) is 44.6. The first-order valence-corrected chi connectivity index (χ1v) is 28.0. The van der Waals surface area contributed by atoms with Crippen molar-refractivity contribution in [1.29, 1.82) is 0 Å². The quantitative estimate of drug-likeness (QED) is 0.127. The van der Waals surface area contributed by atoms with Crippen LogP contribution >= 0.6 is 0 Å². The first kappa shape index (κ1) is 47.7. The van der Waals surface area contributed by atoms with Crippen LogP contribution in [-0.2, 0) is 5.41 Å². The molecule has 0 saturated carbocycles. The molecule has 0 heterocycles. The second-order valence-corrected chi connectivity index (χ2v) is 21.1. The lowest BCUT2D eigenvalue weighted by Crippen LogP contribution is -2.25. The largest absolute Gasteiger partial charge is 0.310 e. The summed E-state index contributed by atoms with van der Waals surface area (Å²) in [6.45, 7) is 0. The lowest BCUT2D eigenvalue weighted by molar-refractivity contribution is 0.794. The minimum atomic E-state index is -0.520. The van der Waals surface area contributed by atoms with Crippen molar-refractivity contribution in [3.05, 3.63) is 350 Å². The molecule has 81 heavy (non-hydrogen) atoms. The summed E-state index contributed by atoms with van der Waals surface area (Å²) in [6, 6.07) is 121. The van der Waals surface area contributed by atoms with Crippen molar-refractivity contribution in [2.45, 2.75) is 5.41 Å². The average Bonchev–Trinajstić information content (AvgIpc) is 1.94. The van der Waals surface area contributed by atoms with Gasteiger partial charge in [0.1, 0.15) is 0 Å². The summed E-state index contributed by atoms with van der Waals surface area (Å²) in [5.41, 5.74) is 27.8. The molecule has 1 spiro atoms. The molecule has 0 aliphatic heterocycles. The van der Waals surface area contributed by atoms with Crippen LogP contribution < -0.4 is 9.80 Å². The monoisotopic (exact) mass is 1030 g/mol. The van der Waals surface area contributed by atoms with Gasteiger partial charge in [-0.15, -0.1) is 0 Å². The van der Waals surface area contributed by atoms with E-state index >= 15 is 0 Å².